The van der Waals surface area contributed by atoms with E-state index in [1.165, 1.54) is 12.3 Å². The summed E-state index contributed by atoms with van der Waals surface area (Å²) in [5.41, 5.74) is -1.45. The molecular weight excluding hydrogens is 264 g/mol. The third-order valence-electron chi connectivity index (χ3n) is 2.64. The van der Waals surface area contributed by atoms with Gasteiger partial charge in [0.05, 0.1) is 4.92 Å². The van der Waals surface area contributed by atoms with Crippen LogP contribution in [0.2, 0.25) is 0 Å². The molecule has 20 heavy (non-hydrogen) atoms. The summed E-state index contributed by atoms with van der Waals surface area (Å²) in [5.74, 6) is 0.753. The highest BCUT2D eigenvalue weighted by Crippen LogP contribution is 2.18. The highest BCUT2D eigenvalue weighted by atomic mass is 16.6. The standard InChI is InChI=1S/C12H14N4O4/c1-12(2,3)11-13-9(20-14-11)7-15-6-4-5-8(10(15)17)16(18)19/h4-6H,7H2,1-3H3. The fourth-order valence-corrected chi connectivity index (χ4v) is 1.56. The second-order valence-electron chi connectivity index (χ2n) is 5.35. The van der Waals surface area contributed by atoms with Crippen molar-refractivity contribution >= 4 is 5.69 Å². The number of hydrogen-bond donors (Lipinski definition) is 0. The molecule has 0 saturated heterocycles. The van der Waals surface area contributed by atoms with Gasteiger partial charge in [-0.05, 0) is 6.07 Å². The molecule has 0 aliphatic heterocycles. The lowest BCUT2D eigenvalue weighted by molar-refractivity contribution is -0.386. The van der Waals surface area contributed by atoms with E-state index in [0.717, 1.165) is 10.6 Å². The van der Waals surface area contributed by atoms with Crippen LogP contribution >= 0.6 is 0 Å². The molecular formula is C12H14N4O4. The van der Waals surface area contributed by atoms with Crippen LogP contribution in [0.3, 0.4) is 0 Å². The number of pyridine rings is 1. The molecule has 2 rings (SSSR count). The number of nitro groups is 1. The van der Waals surface area contributed by atoms with E-state index in [4.69, 9.17) is 4.52 Å². The van der Waals surface area contributed by atoms with Gasteiger partial charge in [0.1, 0.15) is 6.54 Å². The van der Waals surface area contributed by atoms with E-state index in [9.17, 15) is 14.9 Å². The lowest BCUT2D eigenvalue weighted by Gasteiger charge is -2.10. The van der Waals surface area contributed by atoms with Gasteiger partial charge in [0.2, 0.25) is 5.89 Å². The van der Waals surface area contributed by atoms with E-state index in [-0.39, 0.29) is 17.9 Å². The van der Waals surface area contributed by atoms with Crippen molar-refractivity contribution in [1.29, 1.82) is 0 Å². The average molecular weight is 278 g/mol. The van der Waals surface area contributed by atoms with Gasteiger partial charge in [-0.25, -0.2) is 0 Å². The summed E-state index contributed by atoms with van der Waals surface area (Å²) in [6.45, 7) is 5.80. The Balaban J connectivity index is 2.32. The van der Waals surface area contributed by atoms with Crippen molar-refractivity contribution in [3.8, 4) is 0 Å². The topological polar surface area (TPSA) is 104 Å². The monoisotopic (exact) mass is 278 g/mol. The summed E-state index contributed by atoms with van der Waals surface area (Å²) in [7, 11) is 0. The third-order valence-corrected chi connectivity index (χ3v) is 2.64. The summed E-state index contributed by atoms with van der Waals surface area (Å²) in [4.78, 5) is 26.0. The number of rotatable bonds is 3. The Bertz CT molecular complexity index is 696. The highest BCUT2D eigenvalue weighted by Gasteiger charge is 2.21. The van der Waals surface area contributed by atoms with E-state index < -0.39 is 16.2 Å². The molecule has 8 nitrogen and oxygen atoms in total. The van der Waals surface area contributed by atoms with Crippen LogP contribution in [0, 0.1) is 10.1 Å². The van der Waals surface area contributed by atoms with Crippen LogP contribution in [-0.2, 0) is 12.0 Å². The first-order valence-corrected chi connectivity index (χ1v) is 5.96. The molecule has 0 aliphatic rings. The van der Waals surface area contributed by atoms with Crippen molar-refractivity contribution < 1.29 is 9.45 Å². The summed E-state index contributed by atoms with van der Waals surface area (Å²) >= 11 is 0. The Labute approximate surface area is 114 Å². The Kier molecular flexibility index (Phi) is 3.39. The molecule has 0 N–H and O–H groups in total. The molecule has 0 aromatic carbocycles. The van der Waals surface area contributed by atoms with Crippen LogP contribution in [0.1, 0.15) is 32.5 Å². The van der Waals surface area contributed by atoms with Crippen molar-refractivity contribution in [1.82, 2.24) is 14.7 Å². The third kappa shape index (κ3) is 2.73. The number of nitrogens with zero attached hydrogens (tertiary/aromatic N) is 4. The summed E-state index contributed by atoms with van der Waals surface area (Å²) < 4.78 is 6.22. The van der Waals surface area contributed by atoms with Crippen molar-refractivity contribution in [3.63, 3.8) is 0 Å². The van der Waals surface area contributed by atoms with E-state index in [2.05, 4.69) is 10.1 Å². The Hall–Kier alpha value is -2.51. The minimum absolute atomic E-state index is 0.00356. The maximum absolute atomic E-state index is 11.8. The first kappa shape index (κ1) is 13.9. The van der Waals surface area contributed by atoms with E-state index in [1.54, 1.807) is 0 Å². The highest BCUT2D eigenvalue weighted by molar-refractivity contribution is 5.25. The second kappa shape index (κ2) is 4.87. The zero-order valence-electron chi connectivity index (χ0n) is 11.4. The van der Waals surface area contributed by atoms with Crippen LogP contribution in [-0.4, -0.2) is 19.6 Å². The van der Waals surface area contributed by atoms with Crippen molar-refractivity contribution in [2.75, 3.05) is 0 Å². The van der Waals surface area contributed by atoms with E-state index in [0.29, 0.717) is 5.82 Å². The maximum atomic E-state index is 11.8. The van der Waals surface area contributed by atoms with Crippen LogP contribution in [0.5, 0.6) is 0 Å². The van der Waals surface area contributed by atoms with Gasteiger partial charge in [-0.1, -0.05) is 25.9 Å². The summed E-state index contributed by atoms with van der Waals surface area (Å²) in [6, 6.07) is 2.59. The quantitative estimate of drug-likeness (QED) is 0.622. The largest absolute Gasteiger partial charge is 0.337 e. The SMILES string of the molecule is CC(C)(C)c1noc(Cn2cccc([N+](=O)[O-])c2=O)n1. The molecule has 0 aliphatic carbocycles. The molecule has 0 spiro atoms. The van der Waals surface area contributed by atoms with Gasteiger partial charge in [-0.15, -0.1) is 0 Å². The predicted molar refractivity (Wildman–Crippen MR) is 69.5 cm³/mol. The zero-order valence-corrected chi connectivity index (χ0v) is 11.4. The Morgan fingerprint density at radius 3 is 2.70 bits per heavy atom. The van der Waals surface area contributed by atoms with Crippen molar-refractivity contribution in [2.24, 2.45) is 0 Å². The molecule has 2 aromatic heterocycles. The minimum atomic E-state index is -0.715. The molecule has 0 amide bonds. The first-order chi connectivity index (χ1) is 9.29. The van der Waals surface area contributed by atoms with Gasteiger partial charge in [-0.2, -0.15) is 4.98 Å². The molecule has 8 heteroatoms. The molecule has 0 saturated carbocycles. The average Bonchev–Trinajstić information content (AvgIpc) is 2.80. The maximum Gasteiger partial charge on any atom is 0.334 e. The molecule has 0 fully saturated rings. The minimum Gasteiger partial charge on any atom is -0.337 e. The predicted octanol–water partition coefficient (Wildman–Crippen LogP) is 1.49. The molecule has 0 radical (unpaired) electrons. The number of aromatic nitrogens is 3. The number of hydrogen-bond acceptors (Lipinski definition) is 6. The Morgan fingerprint density at radius 2 is 2.15 bits per heavy atom. The summed E-state index contributed by atoms with van der Waals surface area (Å²) in [6.07, 6.45) is 1.44. The Morgan fingerprint density at radius 1 is 1.45 bits per heavy atom. The van der Waals surface area contributed by atoms with E-state index >= 15 is 0 Å². The second-order valence-corrected chi connectivity index (χ2v) is 5.35. The lowest BCUT2D eigenvalue weighted by atomic mass is 9.96. The van der Waals surface area contributed by atoms with Crippen LogP contribution in [0.15, 0.2) is 27.6 Å². The van der Waals surface area contributed by atoms with Crippen LogP contribution < -0.4 is 5.56 Å². The van der Waals surface area contributed by atoms with Gasteiger partial charge in [0.15, 0.2) is 5.82 Å². The van der Waals surface area contributed by atoms with Crippen LogP contribution in [0.4, 0.5) is 5.69 Å². The fraction of sp³-hybridized carbons (Fsp3) is 0.417. The van der Waals surface area contributed by atoms with Gasteiger partial charge in [-0.3, -0.25) is 14.9 Å². The van der Waals surface area contributed by atoms with Gasteiger partial charge >= 0.3 is 11.2 Å². The molecule has 2 heterocycles. The first-order valence-electron chi connectivity index (χ1n) is 5.96. The molecule has 0 atom stereocenters. The fourth-order valence-electron chi connectivity index (χ4n) is 1.56. The van der Waals surface area contributed by atoms with Gasteiger partial charge in [0, 0.05) is 17.7 Å². The molecule has 106 valence electrons. The normalized spacial score (nSPS) is 11.6. The lowest BCUT2D eigenvalue weighted by Crippen LogP contribution is -2.22. The molecule has 0 bridgehead atoms. The van der Waals surface area contributed by atoms with Gasteiger partial charge in [0.25, 0.3) is 0 Å². The smallest absolute Gasteiger partial charge is 0.334 e. The molecule has 0 unspecified atom stereocenters. The summed E-state index contributed by atoms with van der Waals surface area (Å²) in [5, 5.41) is 14.5. The van der Waals surface area contributed by atoms with E-state index in [1.807, 2.05) is 20.8 Å². The van der Waals surface area contributed by atoms with Crippen molar-refractivity contribution in [2.45, 2.75) is 32.7 Å². The molecule has 2 aromatic rings. The van der Waals surface area contributed by atoms with Crippen molar-refractivity contribution in [3.05, 3.63) is 50.5 Å². The van der Waals surface area contributed by atoms with Gasteiger partial charge < -0.3 is 9.09 Å². The van der Waals surface area contributed by atoms with Crippen LogP contribution in [0.25, 0.3) is 0 Å². The zero-order chi connectivity index (χ0) is 14.9.